The van der Waals surface area contributed by atoms with E-state index in [9.17, 15) is 0 Å². The molecule has 4 atom stereocenters. The Bertz CT molecular complexity index is 294. The van der Waals surface area contributed by atoms with Gasteiger partial charge in [0.15, 0.2) is 0 Å². The second kappa shape index (κ2) is 7.17. The predicted octanol–water partition coefficient (Wildman–Crippen LogP) is 4.73. The summed E-state index contributed by atoms with van der Waals surface area (Å²) in [6.45, 7) is 4.67. The van der Waals surface area contributed by atoms with Gasteiger partial charge in [0.2, 0.25) is 0 Å². The number of allylic oxidation sites excluding steroid dienone is 2. The molecule has 0 aromatic rings. The number of methoxy groups -OCH3 is 1. The standard InChI is InChI=1S/C17H30OS/c1-12-4-6-14(7-5-12)8-9-15-10-11-16(18-3)13(2)17(15)19/h8-9,12-17,19H,4-7,10-11H2,1-3H3. The van der Waals surface area contributed by atoms with Gasteiger partial charge in [-0.2, -0.15) is 12.6 Å². The first-order chi connectivity index (χ1) is 9.11. The highest BCUT2D eigenvalue weighted by Crippen LogP contribution is 2.36. The number of ether oxygens (including phenoxy) is 1. The van der Waals surface area contributed by atoms with Gasteiger partial charge in [-0.15, -0.1) is 0 Å². The van der Waals surface area contributed by atoms with Gasteiger partial charge < -0.3 is 4.74 Å². The van der Waals surface area contributed by atoms with Crippen LogP contribution in [0.25, 0.3) is 0 Å². The van der Waals surface area contributed by atoms with Crippen LogP contribution in [0.4, 0.5) is 0 Å². The van der Waals surface area contributed by atoms with Gasteiger partial charge in [0.25, 0.3) is 0 Å². The van der Waals surface area contributed by atoms with E-state index < -0.39 is 0 Å². The fraction of sp³-hybridized carbons (Fsp3) is 0.882. The van der Waals surface area contributed by atoms with Gasteiger partial charge in [-0.05, 0) is 49.4 Å². The van der Waals surface area contributed by atoms with Crippen molar-refractivity contribution in [3.63, 3.8) is 0 Å². The molecule has 110 valence electrons. The largest absolute Gasteiger partial charge is 0.381 e. The molecule has 2 rings (SSSR count). The van der Waals surface area contributed by atoms with Crippen LogP contribution in [-0.4, -0.2) is 18.5 Å². The van der Waals surface area contributed by atoms with E-state index in [1.165, 1.54) is 38.5 Å². The molecule has 2 heteroatoms. The van der Waals surface area contributed by atoms with Crippen LogP contribution < -0.4 is 0 Å². The first-order valence-electron chi connectivity index (χ1n) is 8.01. The summed E-state index contributed by atoms with van der Waals surface area (Å²) in [5.74, 6) is 2.97. The van der Waals surface area contributed by atoms with Crippen LogP contribution in [0.3, 0.4) is 0 Å². The van der Waals surface area contributed by atoms with Gasteiger partial charge in [0, 0.05) is 12.4 Å². The van der Waals surface area contributed by atoms with Crippen LogP contribution in [0.15, 0.2) is 12.2 Å². The Morgan fingerprint density at radius 2 is 1.63 bits per heavy atom. The van der Waals surface area contributed by atoms with E-state index in [0.717, 1.165) is 11.8 Å². The van der Waals surface area contributed by atoms with Gasteiger partial charge in [-0.1, -0.05) is 38.8 Å². The monoisotopic (exact) mass is 282 g/mol. The highest BCUT2D eigenvalue weighted by Gasteiger charge is 2.33. The molecule has 0 heterocycles. The normalized spacial score (nSPS) is 44.6. The lowest BCUT2D eigenvalue weighted by Gasteiger charge is -2.37. The van der Waals surface area contributed by atoms with Crippen molar-refractivity contribution >= 4 is 12.6 Å². The third kappa shape index (κ3) is 4.01. The Kier molecular flexibility index (Phi) is 5.83. The third-order valence-electron chi connectivity index (χ3n) is 5.34. The van der Waals surface area contributed by atoms with Crippen molar-refractivity contribution < 1.29 is 4.74 Å². The smallest absolute Gasteiger partial charge is 0.0607 e. The maximum absolute atomic E-state index is 5.56. The quantitative estimate of drug-likeness (QED) is 0.581. The Morgan fingerprint density at radius 1 is 0.947 bits per heavy atom. The van der Waals surface area contributed by atoms with E-state index in [-0.39, 0.29) is 0 Å². The predicted molar refractivity (Wildman–Crippen MR) is 85.7 cm³/mol. The topological polar surface area (TPSA) is 9.23 Å². The number of hydrogen-bond acceptors (Lipinski definition) is 2. The molecule has 2 fully saturated rings. The molecule has 0 saturated heterocycles. The van der Waals surface area contributed by atoms with Crippen molar-refractivity contribution in [3.8, 4) is 0 Å². The fourth-order valence-corrected chi connectivity index (χ4v) is 4.16. The molecular formula is C17H30OS. The number of rotatable bonds is 3. The van der Waals surface area contributed by atoms with Gasteiger partial charge >= 0.3 is 0 Å². The second-order valence-electron chi connectivity index (χ2n) is 6.77. The van der Waals surface area contributed by atoms with Gasteiger partial charge in [0.05, 0.1) is 6.10 Å². The van der Waals surface area contributed by atoms with Crippen molar-refractivity contribution in [1.82, 2.24) is 0 Å². The van der Waals surface area contributed by atoms with Gasteiger partial charge in [0.1, 0.15) is 0 Å². The van der Waals surface area contributed by atoms with Crippen molar-refractivity contribution in [3.05, 3.63) is 12.2 Å². The summed E-state index contributed by atoms with van der Waals surface area (Å²) < 4.78 is 5.56. The van der Waals surface area contributed by atoms with Crippen molar-refractivity contribution in [2.75, 3.05) is 7.11 Å². The molecule has 19 heavy (non-hydrogen) atoms. The zero-order valence-electron chi connectivity index (χ0n) is 12.7. The molecule has 2 aliphatic carbocycles. The summed E-state index contributed by atoms with van der Waals surface area (Å²) in [7, 11) is 1.83. The van der Waals surface area contributed by atoms with E-state index in [4.69, 9.17) is 17.4 Å². The maximum atomic E-state index is 5.56. The SMILES string of the molecule is COC1CCC(C=CC2CCC(C)CC2)C(S)C1C. The minimum Gasteiger partial charge on any atom is -0.381 e. The highest BCUT2D eigenvalue weighted by atomic mass is 32.1. The molecule has 0 radical (unpaired) electrons. The molecule has 2 saturated carbocycles. The first-order valence-corrected chi connectivity index (χ1v) is 8.52. The Morgan fingerprint density at radius 3 is 2.26 bits per heavy atom. The Balaban J connectivity index is 1.85. The molecule has 0 aromatic carbocycles. The zero-order chi connectivity index (χ0) is 13.8. The summed E-state index contributed by atoms with van der Waals surface area (Å²) in [4.78, 5) is 0. The molecular weight excluding hydrogens is 252 g/mol. The summed E-state index contributed by atoms with van der Waals surface area (Å²) in [6, 6.07) is 0. The molecule has 0 N–H and O–H groups in total. The molecule has 0 bridgehead atoms. The molecule has 4 unspecified atom stereocenters. The molecule has 0 amide bonds. The molecule has 0 aliphatic heterocycles. The van der Waals surface area contributed by atoms with Crippen LogP contribution in [0.2, 0.25) is 0 Å². The lowest BCUT2D eigenvalue weighted by Crippen LogP contribution is -2.37. The lowest BCUT2D eigenvalue weighted by molar-refractivity contribution is 0.0254. The van der Waals surface area contributed by atoms with Crippen LogP contribution >= 0.6 is 12.6 Å². The third-order valence-corrected chi connectivity index (χ3v) is 6.20. The minimum atomic E-state index is 0.405. The van der Waals surface area contributed by atoms with Crippen LogP contribution in [0, 0.1) is 23.7 Å². The average molecular weight is 282 g/mol. The summed E-state index contributed by atoms with van der Waals surface area (Å²) in [6.07, 6.45) is 13.4. The van der Waals surface area contributed by atoms with Gasteiger partial charge in [-0.25, -0.2) is 0 Å². The summed E-state index contributed by atoms with van der Waals surface area (Å²) in [5, 5.41) is 0.456. The Labute approximate surface area is 124 Å². The molecule has 2 aliphatic rings. The Hall–Kier alpha value is 0.0500. The van der Waals surface area contributed by atoms with Crippen molar-refractivity contribution in [1.29, 1.82) is 0 Å². The van der Waals surface area contributed by atoms with Crippen molar-refractivity contribution in [2.24, 2.45) is 23.7 Å². The first kappa shape index (κ1) is 15.4. The van der Waals surface area contributed by atoms with E-state index in [0.29, 0.717) is 23.2 Å². The van der Waals surface area contributed by atoms with E-state index in [1.54, 1.807) is 0 Å². The van der Waals surface area contributed by atoms with Crippen LogP contribution in [0.1, 0.15) is 52.4 Å². The van der Waals surface area contributed by atoms with Crippen LogP contribution in [0.5, 0.6) is 0 Å². The van der Waals surface area contributed by atoms with E-state index in [1.807, 2.05) is 7.11 Å². The molecule has 0 aromatic heterocycles. The minimum absolute atomic E-state index is 0.405. The van der Waals surface area contributed by atoms with E-state index in [2.05, 4.69) is 26.0 Å². The summed E-state index contributed by atoms with van der Waals surface area (Å²) in [5.41, 5.74) is 0. The van der Waals surface area contributed by atoms with Crippen molar-refractivity contribution in [2.45, 2.75) is 63.7 Å². The highest BCUT2D eigenvalue weighted by molar-refractivity contribution is 7.81. The zero-order valence-corrected chi connectivity index (χ0v) is 13.6. The molecule has 1 nitrogen and oxygen atoms in total. The van der Waals surface area contributed by atoms with E-state index >= 15 is 0 Å². The fourth-order valence-electron chi connectivity index (χ4n) is 3.72. The number of hydrogen-bond donors (Lipinski definition) is 1. The maximum Gasteiger partial charge on any atom is 0.0607 e. The number of thiol groups is 1. The molecule has 0 spiro atoms. The lowest BCUT2D eigenvalue weighted by atomic mass is 9.78. The van der Waals surface area contributed by atoms with Crippen LogP contribution in [-0.2, 0) is 4.74 Å². The second-order valence-corrected chi connectivity index (χ2v) is 7.37. The summed E-state index contributed by atoms with van der Waals surface area (Å²) >= 11 is 4.85. The average Bonchev–Trinajstić information content (AvgIpc) is 2.42. The van der Waals surface area contributed by atoms with Gasteiger partial charge in [-0.3, -0.25) is 0 Å².